The lowest BCUT2D eigenvalue weighted by Gasteiger charge is -2.27. The van der Waals surface area contributed by atoms with Gasteiger partial charge >= 0.3 is 6.03 Å². The number of ether oxygens (including phenoxy) is 1. The number of nitrogens with one attached hydrogen (secondary N) is 1. The molecule has 12 heteroatoms. The van der Waals surface area contributed by atoms with E-state index in [2.05, 4.69) is 10.3 Å². The maximum atomic E-state index is 14.3. The van der Waals surface area contributed by atoms with Crippen LogP contribution in [0.2, 0.25) is 5.02 Å². The number of benzene rings is 2. The largest absolute Gasteiger partial charge is 0.378 e. The van der Waals surface area contributed by atoms with E-state index in [1.807, 2.05) is 17.0 Å². The van der Waals surface area contributed by atoms with Crippen molar-refractivity contribution in [3.05, 3.63) is 63.9 Å². The standard InChI is InChI=1S/C34H41ClFN5O5/c1-22(42)33(37-2)27-18-25(38-34(45)39-14-16-46-17-15-39)11-10-23(27)6-3-4-9-31(44)41(26-12-13-26)21-30(43)29-20-40(29)19-24-7-5-8-28(35)32(24)36/h5,7-8,10-11,18,26,29H,3-4,6,9,12-17,19-21H2,1-2H3,(H,38,45). The Morgan fingerprint density at radius 2 is 1.85 bits per heavy atom. The number of carbonyl (C=O) groups is 4. The molecule has 1 N–H and O–H groups in total. The molecule has 0 spiro atoms. The van der Waals surface area contributed by atoms with Crippen molar-refractivity contribution < 1.29 is 28.3 Å². The van der Waals surface area contributed by atoms with Crippen molar-refractivity contribution in [2.75, 3.05) is 51.8 Å². The van der Waals surface area contributed by atoms with Crippen LogP contribution in [0, 0.1) is 5.82 Å². The molecule has 0 bridgehead atoms. The van der Waals surface area contributed by atoms with Crippen LogP contribution in [0.25, 0.3) is 0 Å². The van der Waals surface area contributed by atoms with Crippen LogP contribution in [-0.4, -0.2) is 102 Å². The van der Waals surface area contributed by atoms with Crippen LogP contribution in [0.1, 0.15) is 55.7 Å². The number of unbranched alkanes of at least 4 members (excludes halogenated alkanes) is 1. The van der Waals surface area contributed by atoms with Crippen LogP contribution < -0.4 is 5.32 Å². The van der Waals surface area contributed by atoms with Gasteiger partial charge in [-0.1, -0.05) is 29.8 Å². The highest BCUT2D eigenvalue weighted by Crippen LogP contribution is 2.30. The number of nitrogens with zero attached hydrogens (tertiary/aromatic N) is 4. The topological polar surface area (TPSA) is 111 Å². The highest BCUT2D eigenvalue weighted by Gasteiger charge is 2.43. The Labute approximate surface area is 273 Å². The minimum absolute atomic E-state index is 0.0243. The lowest BCUT2D eigenvalue weighted by Crippen LogP contribution is -2.43. The zero-order chi connectivity index (χ0) is 32.8. The van der Waals surface area contributed by atoms with Crippen molar-refractivity contribution in [2.45, 2.75) is 64.1 Å². The van der Waals surface area contributed by atoms with Crippen molar-refractivity contribution in [3.8, 4) is 0 Å². The third-order valence-electron chi connectivity index (χ3n) is 8.68. The lowest BCUT2D eigenvalue weighted by atomic mass is 9.95. The SMILES string of the molecule is CN=C(C(C)=O)c1cc(NC(=O)N2CCOCC2)ccc1CCCCC(=O)N(CC(=O)C1CN1Cc1cccc(Cl)c1F)C1CC1. The molecule has 3 amide bonds. The molecule has 0 radical (unpaired) electrons. The molecule has 2 unspecified atom stereocenters. The summed E-state index contributed by atoms with van der Waals surface area (Å²) in [5, 5.41) is 2.98. The number of aryl methyl sites for hydroxylation is 1. The zero-order valence-electron chi connectivity index (χ0n) is 26.4. The Hall–Kier alpha value is -3.67. The van der Waals surface area contributed by atoms with Gasteiger partial charge in [0.1, 0.15) is 11.5 Å². The maximum Gasteiger partial charge on any atom is 0.321 e. The molecule has 10 nitrogen and oxygen atoms in total. The van der Waals surface area contributed by atoms with Crippen LogP contribution in [0.5, 0.6) is 0 Å². The fourth-order valence-electron chi connectivity index (χ4n) is 5.89. The van der Waals surface area contributed by atoms with Gasteiger partial charge in [0.2, 0.25) is 5.91 Å². The second kappa shape index (κ2) is 15.3. The molecule has 2 aliphatic heterocycles. The van der Waals surface area contributed by atoms with E-state index in [9.17, 15) is 23.6 Å². The van der Waals surface area contributed by atoms with Crippen molar-refractivity contribution in [1.29, 1.82) is 0 Å². The molecule has 2 atom stereocenters. The first-order valence-electron chi connectivity index (χ1n) is 15.9. The normalized spacial score (nSPS) is 19.5. The molecule has 2 aromatic rings. The summed E-state index contributed by atoms with van der Waals surface area (Å²) in [5.41, 5.74) is 2.93. The molecule has 2 heterocycles. The fourth-order valence-corrected chi connectivity index (χ4v) is 6.08. The van der Waals surface area contributed by atoms with Gasteiger partial charge in [0, 0.05) is 69.4 Å². The second-order valence-electron chi connectivity index (χ2n) is 12.1. The van der Waals surface area contributed by atoms with Crippen LogP contribution in [0.4, 0.5) is 14.9 Å². The van der Waals surface area contributed by atoms with Crippen LogP contribution in [0.15, 0.2) is 41.4 Å². The van der Waals surface area contributed by atoms with Crippen LogP contribution in [0.3, 0.4) is 0 Å². The number of halogens is 2. The molecule has 1 saturated carbocycles. The number of hydrogen-bond donors (Lipinski definition) is 1. The highest BCUT2D eigenvalue weighted by atomic mass is 35.5. The molecule has 1 aliphatic carbocycles. The molecule has 2 aromatic carbocycles. The van der Waals surface area contributed by atoms with E-state index in [4.69, 9.17) is 16.3 Å². The van der Waals surface area contributed by atoms with Gasteiger partial charge in [-0.3, -0.25) is 24.3 Å². The minimum Gasteiger partial charge on any atom is -0.378 e. The van der Waals surface area contributed by atoms with Gasteiger partial charge in [0.15, 0.2) is 11.6 Å². The zero-order valence-corrected chi connectivity index (χ0v) is 27.2. The summed E-state index contributed by atoms with van der Waals surface area (Å²) in [7, 11) is 1.57. The summed E-state index contributed by atoms with van der Waals surface area (Å²) in [6, 6.07) is 9.91. The molecule has 246 valence electrons. The van der Waals surface area contributed by atoms with Gasteiger partial charge < -0.3 is 19.9 Å². The minimum atomic E-state index is -0.463. The van der Waals surface area contributed by atoms with Gasteiger partial charge in [-0.25, -0.2) is 9.18 Å². The Balaban J connectivity index is 1.14. The number of carbonyl (C=O) groups excluding carboxylic acids is 4. The van der Waals surface area contributed by atoms with E-state index in [1.54, 1.807) is 35.0 Å². The maximum absolute atomic E-state index is 14.3. The van der Waals surface area contributed by atoms with Crippen LogP contribution >= 0.6 is 11.6 Å². The third-order valence-corrected chi connectivity index (χ3v) is 8.98. The number of urea groups is 1. The summed E-state index contributed by atoms with van der Waals surface area (Å²) in [5.74, 6) is -0.698. The second-order valence-corrected chi connectivity index (χ2v) is 12.5. The molecule has 3 aliphatic rings. The lowest BCUT2D eigenvalue weighted by molar-refractivity contribution is -0.136. The number of morpholine rings is 1. The fraction of sp³-hybridized carbons (Fsp3) is 0.500. The quantitative estimate of drug-likeness (QED) is 0.183. The first kappa shape index (κ1) is 33.7. The van der Waals surface area contributed by atoms with E-state index in [1.165, 1.54) is 13.0 Å². The third kappa shape index (κ3) is 8.57. The number of rotatable bonds is 14. The molecule has 0 aromatic heterocycles. The van der Waals surface area contributed by atoms with Crippen LogP contribution in [-0.2, 0) is 32.1 Å². The Morgan fingerprint density at radius 3 is 2.54 bits per heavy atom. The van der Waals surface area contributed by atoms with Crippen molar-refractivity contribution in [2.24, 2.45) is 4.99 Å². The Kier molecular flexibility index (Phi) is 11.2. The summed E-state index contributed by atoms with van der Waals surface area (Å²) in [6.07, 6.45) is 4.03. The van der Waals surface area contributed by atoms with E-state index in [0.29, 0.717) is 87.6 Å². The average Bonchev–Trinajstić information content (AvgIpc) is 3.98. The van der Waals surface area contributed by atoms with Gasteiger partial charge in [0.05, 0.1) is 30.8 Å². The number of ketones is 2. The smallest absolute Gasteiger partial charge is 0.321 e. The van der Waals surface area contributed by atoms with Gasteiger partial charge in [-0.2, -0.15) is 0 Å². The first-order chi connectivity index (χ1) is 22.2. The van der Waals surface area contributed by atoms with Gasteiger partial charge in [-0.15, -0.1) is 0 Å². The van der Waals surface area contributed by atoms with Crippen molar-refractivity contribution in [1.82, 2.24) is 14.7 Å². The van der Waals surface area contributed by atoms with Gasteiger partial charge in [-0.05, 0) is 55.9 Å². The monoisotopic (exact) mass is 653 g/mol. The summed E-state index contributed by atoms with van der Waals surface area (Å²) >= 11 is 5.90. The number of amides is 3. The predicted molar refractivity (Wildman–Crippen MR) is 174 cm³/mol. The van der Waals surface area contributed by atoms with E-state index >= 15 is 0 Å². The molecule has 3 fully saturated rings. The van der Waals surface area contributed by atoms with E-state index in [0.717, 1.165) is 18.4 Å². The number of anilines is 1. The Bertz CT molecular complexity index is 1510. The molecular formula is C34H41ClFN5O5. The Morgan fingerprint density at radius 1 is 1.09 bits per heavy atom. The molecule has 2 saturated heterocycles. The molecule has 46 heavy (non-hydrogen) atoms. The first-order valence-corrected chi connectivity index (χ1v) is 16.3. The summed E-state index contributed by atoms with van der Waals surface area (Å²) < 4.78 is 19.6. The van der Waals surface area contributed by atoms with E-state index in [-0.39, 0.29) is 47.2 Å². The molecule has 5 rings (SSSR count). The van der Waals surface area contributed by atoms with Crippen molar-refractivity contribution >= 4 is 46.5 Å². The van der Waals surface area contributed by atoms with Gasteiger partial charge in [0.25, 0.3) is 0 Å². The van der Waals surface area contributed by atoms with E-state index < -0.39 is 5.82 Å². The number of hydrogen-bond acceptors (Lipinski definition) is 7. The summed E-state index contributed by atoms with van der Waals surface area (Å²) in [4.78, 5) is 61.0. The average molecular weight is 654 g/mol. The number of aliphatic imine (C=N–C) groups is 1. The molecular weight excluding hydrogens is 613 g/mol. The summed E-state index contributed by atoms with van der Waals surface area (Å²) in [6.45, 7) is 4.40. The number of Topliss-reactive ketones (excluding diaryl/α,β-unsaturated/α-hetero) is 2. The highest BCUT2D eigenvalue weighted by molar-refractivity contribution is 6.45. The predicted octanol–water partition coefficient (Wildman–Crippen LogP) is 4.51. The van der Waals surface area contributed by atoms with Crippen molar-refractivity contribution in [3.63, 3.8) is 0 Å².